The number of likely N-dealkylation sites (N-methyl/N-ethyl adjacent to an activating group) is 1. The molecule has 4 rings (SSSR count). The van der Waals surface area contributed by atoms with Crippen LogP contribution in [-0.4, -0.2) is 43.1 Å². The van der Waals surface area contributed by atoms with Crippen molar-refractivity contribution in [3.63, 3.8) is 0 Å². The summed E-state index contributed by atoms with van der Waals surface area (Å²) in [7, 11) is 1.61. The number of amides is 1. The summed E-state index contributed by atoms with van der Waals surface area (Å²) in [6.45, 7) is 6.57. The summed E-state index contributed by atoms with van der Waals surface area (Å²) < 4.78 is 14.2. The first-order chi connectivity index (χ1) is 15.4. The van der Waals surface area contributed by atoms with Gasteiger partial charge < -0.3 is 14.6 Å². The third kappa shape index (κ3) is 3.88. The molecule has 1 amide bonds. The summed E-state index contributed by atoms with van der Waals surface area (Å²) in [5.41, 5.74) is 3.89. The van der Waals surface area contributed by atoms with Crippen LogP contribution in [0, 0.1) is 5.82 Å². The number of halogens is 1. The fourth-order valence-electron chi connectivity index (χ4n) is 4.25. The van der Waals surface area contributed by atoms with Crippen LogP contribution in [0.2, 0.25) is 0 Å². The number of amidine groups is 1. The van der Waals surface area contributed by atoms with E-state index in [0.29, 0.717) is 23.0 Å². The molecular formula is C26H26FN3O2. The van der Waals surface area contributed by atoms with E-state index in [9.17, 15) is 14.0 Å². The van der Waals surface area contributed by atoms with Gasteiger partial charge >= 0.3 is 0 Å². The molecule has 0 unspecified atom stereocenters. The molecule has 1 aliphatic heterocycles. The molecule has 32 heavy (non-hydrogen) atoms. The fraction of sp³-hybridized carbons (Fsp3) is 0.269. The number of allylic oxidation sites excluding steroid dienone is 2. The Morgan fingerprint density at radius 1 is 1.28 bits per heavy atom. The van der Waals surface area contributed by atoms with Gasteiger partial charge in [-0.3, -0.25) is 4.79 Å². The fourth-order valence-corrected chi connectivity index (χ4v) is 4.25. The van der Waals surface area contributed by atoms with Gasteiger partial charge in [0.25, 0.3) is 5.91 Å². The van der Waals surface area contributed by atoms with Crippen molar-refractivity contribution in [2.45, 2.75) is 25.2 Å². The van der Waals surface area contributed by atoms with Crippen LogP contribution in [0.3, 0.4) is 0 Å². The summed E-state index contributed by atoms with van der Waals surface area (Å²) >= 11 is 0. The maximum absolute atomic E-state index is 14.2. The Balaban J connectivity index is 1.67. The number of aliphatic imine (C=N–C) groups is 1. The van der Waals surface area contributed by atoms with Crippen molar-refractivity contribution in [3.8, 4) is 0 Å². The zero-order valence-electron chi connectivity index (χ0n) is 18.3. The Bertz CT molecular complexity index is 1150. The number of anilines is 1. The van der Waals surface area contributed by atoms with Crippen LogP contribution in [0.15, 0.2) is 66.3 Å². The Morgan fingerprint density at radius 3 is 2.69 bits per heavy atom. The lowest BCUT2D eigenvalue weighted by Crippen LogP contribution is -2.30. The number of aldehydes is 1. The Hall–Kier alpha value is -3.54. The summed E-state index contributed by atoms with van der Waals surface area (Å²) in [6, 6.07) is 12.3. The van der Waals surface area contributed by atoms with Crippen LogP contribution in [-0.2, 0) is 10.2 Å². The standard InChI is InChI=1S/C26H26FN3O2/c1-4-19(21-7-5-6-8-23(21)27)16-28-18(2)30-17-26(11-12-26)22-10-9-20(15-24(22)30)25(32)29(3)13-14-31/h4-10,14-16H,1,11-13,17H2,2-3H3/b19-16+,28-18+. The van der Waals surface area contributed by atoms with Gasteiger partial charge in [0.2, 0.25) is 0 Å². The largest absolute Gasteiger partial charge is 0.335 e. The SMILES string of the molecule is C=C/C(=C\N=C(/C)N1CC2(CC2)c2ccc(C(=O)N(C)CC=O)cc21)c1ccccc1F. The highest BCUT2D eigenvalue weighted by atomic mass is 19.1. The lowest BCUT2D eigenvalue weighted by molar-refractivity contribution is -0.108. The molecule has 2 aromatic carbocycles. The molecule has 2 aliphatic rings. The molecular weight excluding hydrogens is 405 g/mol. The second kappa shape index (κ2) is 8.54. The molecule has 1 heterocycles. The average Bonchev–Trinajstić information content (AvgIpc) is 3.51. The highest BCUT2D eigenvalue weighted by molar-refractivity contribution is 6.02. The van der Waals surface area contributed by atoms with Gasteiger partial charge in [0, 0.05) is 47.6 Å². The van der Waals surface area contributed by atoms with Crippen LogP contribution in [0.25, 0.3) is 5.57 Å². The van der Waals surface area contributed by atoms with Crippen molar-refractivity contribution >= 4 is 29.3 Å². The van der Waals surface area contributed by atoms with Gasteiger partial charge in [-0.1, -0.05) is 36.9 Å². The van der Waals surface area contributed by atoms with Gasteiger partial charge in [-0.25, -0.2) is 9.38 Å². The van der Waals surface area contributed by atoms with Crippen LogP contribution in [0.5, 0.6) is 0 Å². The molecule has 0 saturated heterocycles. The number of benzene rings is 2. The number of rotatable bonds is 6. The number of carbonyl (C=O) groups excluding carboxylic acids is 2. The molecule has 1 saturated carbocycles. The number of carbonyl (C=O) groups is 2. The minimum absolute atomic E-state index is 0.0508. The van der Waals surface area contributed by atoms with E-state index >= 15 is 0 Å². The molecule has 0 radical (unpaired) electrons. The second-order valence-electron chi connectivity index (χ2n) is 8.40. The minimum atomic E-state index is -0.322. The topological polar surface area (TPSA) is 53.0 Å². The quantitative estimate of drug-likeness (QED) is 0.291. The van der Waals surface area contributed by atoms with E-state index in [2.05, 4.69) is 16.5 Å². The molecule has 0 aromatic heterocycles. The third-order valence-electron chi connectivity index (χ3n) is 6.30. The van der Waals surface area contributed by atoms with Crippen molar-refractivity contribution in [2.24, 2.45) is 4.99 Å². The van der Waals surface area contributed by atoms with Crippen LogP contribution in [0.1, 0.15) is 41.3 Å². The first-order valence-electron chi connectivity index (χ1n) is 10.6. The number of hydrogen-bond acceptors (Lipinski definition) is 3. The van der Waals surface area contributed by atoms with Crippen molar-refractivity contribution in [1.29, 1.82) is 0 Å². The zero-order chi connectivity index (χ0) is 22.9. The van der Waals surface area contributed by atoms with E-state index in [-0.39, 0.29) is 23.7 Å². The van der Waals surface area contributed by atoms with Gasteiger partial charge in [-0.15, -0.1) is 0 Å². The van der Waals surface area contributed by atoms with E-state index in [1.807, 2.05) is 25.1 Å². The van der Waals surface area contributed by atoms with Crippen molar-refractivity contribution < 1.29 is 14.0 Å². The lowest BCUT2D eigenvalue weighted by Gasteiger charge is -2.20. The van der Waals surface area contributed by atoms with Gasteiger partial charge in [-0.05, 0) is 43.5 Å². The predicted molar refractivity (Wildman–Crippen MR) is 125 cm³/mol. The van der Waals surface area contributed by atoms with E-state index in [1.165, 1.54) is 16.5 Å². The molecule has 2 aromatic rings. The maximum Gasteiger partial charge on any atom is 0.254 e. The molecule has 0 bridgehead atoms. The molecule has 6 heteroatoms. The predicted octanol–water partition coefficient (Wildman–Crippen LogP) is 4.59. The van der Waals surface area contributed by atoms with E-state index in [1.54, 1.807) is 37.5 Å². The van der Waals surface area contributed by atoms with E-state index in [4.69, 9.17) is 0 Å². The Labute approximate surface area is 187 Å². The molecule has 1 fully saturated rings. The lowest BCUT2D eigenvalue weighted by atomic mass is 9.97. The highest BCUT2D eigenvalue weighted by Gasteiger charge is 2.52. The molecule has 164 valence electrons. The number of hydrogen-bond donors (Lipinski definition) is 0. The van der Waals surface area contributed by atoms with Gasteiger partial charge in [0.1, 0.15) is 17.9 Å². The molecule has 1 spiro atoms. The van der Waals surface area contributed by atoms with Crippen molar-refractivity contribution in [2.75, 3.05) is 25.0 Å². The Morgan fingerprint density at radius 2 is 2.03 bits per heavy atom. The molecule has 0 atom stereocenters. The first-order valence-corrected chi connectivity index (χ1v) is 10.6. The van der Waals surface area contributed by atoms with Crippen molar-refractivity contribution in [1.82, 2.24) is 4.90 Å². The molecule has 0 N–H and O–H groups in total. The van der Waals surface area contributed by atoms with Gasteiger partial charge in [0.15, 0.2) is 0 Å². The average molecular weight is 432 g/mol. The maximum atomic E-state index is 14.2. The summed E-state index contributed by atoms with van der Waals surface area (Å²) in [5, 5.41) is 0. The Kier molecular flexibility index (Phi) is 5.78. The number of nitrogens with zero attached hydrogens (tertiary/aromatic N) is 3. The smallest absolute Gasteiger partial charge is 0.254 e. The van der Waals surface area contributed by atoms with Crippen molar-refractivity contribution in [3.05, 3.63) is 83.8 Å². The summed E-state index contributed by atoms with van der Waals surface area (Å²) in [5.74, 6) is 0.244. The minimum Gasteiger partial charge on any atom is -0.335 e. The number of fused-ring (bicyclic) bond motifs is 2. The van der Waals surface area contributed by atoms with Crippen LogP contribution in [0.4, 0.5) is 10.1 Å². The van der Waals surface area contributed by atoms with Crippen LogP contribution >= 0.6 is 0 Å². The van der Waals surface area contributed by atoms with E-state index in [0.717, 1.165) is 30.9 Å². The first kappa shape index (κ1) is 21.7. The molecule has 5 nitrogen and oxygen atoms in total. The van der Waals surface area contributed by atoms with Crippen LogP contribution < -0.4 is 4.90 Å². The summed E-state index contributed by atoms with van der Waals surface area (Å²) in [4.78, 5) is 31.6. The normalized spacial score (nSPS) is 16.7. The van der Waals surface area contributed by atoms with Gasteiger partial charge in [-0.2, -0.15) is 0 Å². The third-order valence-corrected chi connectivity index (χ3v) is 6.30. The molecule has 1 aliphatic carbocycles. The highest BCUT2D eigenvalue weighted by Crippen LogP contribution is 2.56. The zero-order valence-corrected chi connectivity index (χ0v) is 18.3. The van der Waals surface area contributed by atoms with Gasteiger partial charge in [0.05, 0.1) is 6.54 Å². The second-order valence-corrected chi connectivity index (χ2v) is 8.40. The monoisotopic (exact) mass is 431 g/mol. The summed E-state index contributed by atoms with van der Waals surface area (Å²) in [6.07, 6.45) is 6.14. The van der Waals surface area contributed by atoms with E-state index < -0.39 is 0 Å².